The Morgan fingerprint density at radius 2 is 1.97 bits per heavy atom. The Hall–Kier alpha value is -3.43. The number of rotatable bonds is 0. The van der Waals surface area contributed by atoms with Gasteiger partial charge in [-0.1, -0.05) is 6.07 Å². The molecule has 9 nitrogen and oxygen atoms in total. The van der Waals surface area contributed by atoms with E-state index in [1.165, 1.54) is 5.69 Å². The molecule has 0 saturated heterocycles. The fourth-order valence-corrected chi connectivity index (χ4v) is 3.74. The van der Waals surface area contributed by atoms with Crippen LogP contribution in [0.4, 0.5) is 0 Å². The number of hydrogen-bond donors (Lipinski definition) is 3. The van der Waals surface area contributed by atoms with E-state index < -0.39 is 0 Å². The summed E-state index contributed by atoms with van der Waals surface area (Å²) in [6, 6.07) is 6.34. The summed E-state index contributed by atoms with van der Waals surface area (Å²) in [7, 11) is 4.08. The first-order valence-electron chi connectivity index (χ1n) is 10.7. The molecule has 0 aliphatic carbocycles. The number of H-pyrrole nitrogens is 2. The Morgan fingerprint density at radius 3 is 2.78 bits per heavy atom. The average molecular weight is 436 g/mol. The average Bonchev–Trinajstić information content (AvgIpc) is 3.44. The van der Waals surface area contributed by atoms with Gasteiger partial charge in [0.25, 0.3) is 0 Å². The third-order valence-electron chi connectivity index (χ3n) is 5.46. The smallest absolute Gasteiger partial charge is 0.240 e. The topological polar surface area (TPSA) is 108 Å². The molecule has 0 fully saturated rings. The first-order chi connectivity index (χ1) is 15.5. The second kappa shape index (κ2) is 9.37. The van der Waals surface area contributed by atoms with Crippen molar-refractivity contribution in [2.45, 2.75) is 20.4 Å². The van der Waals surface area contributed by atoms with Crippen molar-refractivity contribution in [1.29, 1.82) is 0 Å². The summed E-state index contributed by atoms with van der Waals surface area (Å²) in [4.78, 5) is 2.23. The van der Waals surface area contributed by atoms with E-state index in [1.54, 1.807) is 6.92 Å². The van der Waals surface area contributed by atoms with Crippen LogP contribution in [0.25, 0.3) is 34.2 Å². The number of hydrogen-bond acceptors (Lipinski definition) is 6. The number of benzene rings is 1. The van der Waals surface area contributed by atoms with Crippen LogP contribution < -0.4 is 4.74 Å². The summed E-state index contributed by atoms with van der Waals surface area (Å²) < 4.78 is 7.92. The molecule has 4 aromatic rings. The summed E-state index contributed by atoms with van der Waals surface area (Å²) in [6.45, 7) is 6.03. The fraction of sp³-hybridized carbons (Fsp3) is 0.348. The third-order valence-corrected chi connectivity index (χ3v) is 5.46. The number of aromatic amines is 2. The predicted molar refractivity (Wildman–Crippen MR) is 125 cm³/mol. The fourth-order valence-electron chi connectivity index (χ4n) is 3.74. The highest BCUT2D eigenvalue weighted by atomic mass is 16.5. The second-order valence-corrected chi connectivity index (χ2v) is 7.80. The maximum Gasteiger partial charge on any atom is 0.240 e. The lowest BCUT2D eigenvalue weighted by Gasteiger charge is -2.18. The molecule has 0 unspecified atom stereocenters. The van der Waals surface area contributed by atoms with Gasteiger partial charge in [0.1, 0.15) is 6.61 Å². The van der Waals surface area contributed by atoms with Gasteiger partial charge in [0.2, 0.25) is 5.88 Å². The van der Waals surface area contributed by atoms with Gasteiger partial charge in [-0.3, -0.25) is 19.8 Å². The van der Waals surface area contributed by atoms with Gasteiger partial charge in [0.05, 0.1) is 28.7 Å². The molecule has 0 amide bonds. The first kappa shape index (κ1) is 21.8. The Morgan fingerprint density at radius 1 is 1.16 bits per heavy atom. The number of likely N-dealkylation sites (N-methyl/N-ethyl adjacent to an activating group) is 1. The lowest BCUT2D eigenvalue weighted by molar-refractivity contribution is 0.224. The van der Waals surface area contributed by atoms with Crippen molar-refractivity contribution in [2.24, 2.45) is 7.05 Å². The van der Waals surface area contributed by atoms with Crippen molar-refractivity contribution in [1.82, 2.24) is 35.1 Å². The van der Waals surface area contributed by atoms with E-state index in [9.17, 15) is 0 Å². The van der Waals surface area contributed by atoms with Gasteiger partial charge < -0.3 is 9.84 Å². The molecule has 3 aromatic heterocycles. The van der Waals surface area contributed by atoms with Crippen molar-refractivity contribution in [3.63, 3.8) is 0 Å². The number of ether oxygens (including phenoxy) is 1. The van der Waals surface area contributed by atoms with Crippen LogP contribution in [-0.4, -0.2) is 67.0 Å². The second-order valence-electron chi connectivity index (χ2n) is 7.80. The van der Waals surface area contributed by atoms with Crippen LogP contribution in [0.15, 0.2) is 24.4 Å². The summed E-state index contributed by atoms with van der Waals surface area (Å²) in [5, 5.41) is 28.1. The molecule has 1 aromatic carbocycles. The minimum atomic E-state index is 0.250. The normalized spacial score (nSPS) is 15.2. The molecule has 1 aliphatic heterocycles. The molecule has 4 heterocycles. The van der Waals surface area contributed by atoms with Crippen LogP contribution in [0.2, 0.25) is 0 Å². The largest absolute Gasteiger partial charge is 0.475 e. The van der Waals surface area contributed by atoms with Crippen molar-refractivity contribution in [3.8, 4) is 17.0 Å². The standard InChI is InChI=1S/C21H23N7O.C2H6O/c1-13-15-5-7-19-16-10-14(4-6-18(16)24-25-19)17-11-22-28(3)20(17)12-27(2)8-9-29-21(15)26-23-13;1-2-3/h4-7,10-11H,8-9,12H2,1-3H3,(H,23,26)(H,24,25);3H,2H2,1H3/b7-5+;. The highest BCUT2D eigenvalue weighted by molar-refractivity contribution is 5.93. The zero-order chi connectivity index (χ0) is 22.7. The molecule has 1 aliphatic rings. The van der Waals surface area contributed by atoms with E-state index in [4.69, 9.17) is 9.84 Å². The van der Waals surface area contributed by atoms with Crippen molar-refractivity contribution >= 4 is 23.1 Å². The van der Waals surface area contributed by atoms with E-state index in [1.807, 2.05) is 37.0 Å². The van der Waals surface area contributed by atoms with Crippen molar-refractivity contribution < 1.29 is 9.84 Å². The minimum absolute atomic E-state index is 0.250. The molecular formula is C23H29N7O2. The van der Waals surface area contributed by atoms with Crippen LogP contribution in [0.3, 0.4) is 0 Å². The van der Waals surface area contributed by atoms with Crippen LogP contribution in [0.1, 0.15) is 29.6 Å². The highest BCUT2D eigenvalue weighted by Crippen LogP contribution is 2.30. The van der Waals surface area contributed by atoms with E-state index in [0.29, 0.717) is 12.5 Å². The van der Waals surface area contributed by atoms with Crippen LogP contribution in [0, 0.1) is 6.92 Å². The molecule has 0 atom stereocenters. The summed E-state index contributed by atoms with van der Waals surface area (Å²) in [5.74, 6) is 0.618. The predicted octanol–water partition coefficient (Wildman–Crippen LogP) is 2.99. The van der Waals surface area contributed by atoms with E-state index in [-0.39, 0.29) is 6.61 Å². The first-order valence-corrected chi connectivity index (χ1v) is 10.7. The number of fused-ring (bicyclic) bond motifs is 4. The Kier molecular flexibility index (Phi) is 6.38. The van der Waals surface area contributed by atoms with E-state index in [2.05, 4.69) is 55.6 Å². The molecule has 3 N–H and O–H groups in total. The molecule has 168 valence electrons. The lowest BCUT2D eigenvalue weighted by Crippen LogP contribution is -2.25. The van der Waals surface area contributed by atoms with Gasteiger partial charge in [0, 0.05) is 43.4 Å². The van der Waals surface area contributed by atoms with Crippen molar-refractivity contribution in [3.05, 3.63) is 47.0 Å². The van der Waals surface area contributed by atoms with Gasteiger partial charge in [0.15, 0.2) is 0 Å². The number of aromatic nitrogens is 6. The molecule has 9 heteroatoms. The third kappa shape index (κ3) is 4.30. The molecule has 0 saturated carbocycles. The van der Waals surface area contributed by atoms with Crippen LogP contribution >= 0.6 is 0 Å². The van der Waals surface area contributed by atoms with Gasteiger partial charge in [-0.15, -0.1) is 5.10 Å². The van der Waals surface area contributed by atoms with Gasteiger partial charge in [-0.05, 0) is 50.7 Å². The lowest BCUT2D eigenvalue weighted by atomic mass is 10.0. The zero-order valence-corrected chi connectivity index (χ0v) is 18.9. The zero-order valence-electron chi connectivity index (χ0n) is 18.9. The molecule has 32 heavy (non-hydrogen) atoms. The van der Waals surface area contributed by atoms with E-state index in [0.717, 1.165) is 52.1 Å². The SMILES string of the molecule is CCO.Cc1[nH]nc2c1/C=C/c1[nH]nc3ccc(cc13)-c1cnn(C)c1CN(C)CCO2. The minimum Gasteiger partial charge on any atom is -0.475 e. The summed E-state index contributed by atoms with van der Waals surface area (Å²) in [5.41, 5.74) is 7.24. The number of aliphatic hydroxyl groups excluding tert-OH is 1. The monoisotopic (exact) mass is 435 g/mol. The molecular weight excluding hydrogens is 406 g/mol. The quantitative estimate of drug-likeness (QED) is 0.392. The van der Waals surface area contributed by atoms with Crippen molar-refractivity contribution in [2.75, 3.05) is 26.8 Å². The molecule has 5 rings (SSSR count). The summed E-state index contributed by atoms with van der Waals surface area (Å²) in [6.07, 6.45) is 5.99. The Labute approximate surface area is 186 Å². The van der Waals surface area contributed by atoms with Crippen LogP contribution in [0.5, 0.6) is 5.88 Å². The van der Waals surface area contributed by atoms with E-state index >= 15 is 0 Å². The summed E-state index contributed by atoms with van der Waals surface area (Å²) >= 11 is 0. The van der Waals surface area contributed by atoms with Crippen LogP contribution in [-0.2, 0) is 13.6 Å². The number of nitrogens with zero attached hydrogens (tertiary/aromatic N) is 5. The Balaban J connectivity index is 0.000000775. The maximum atomic E-state index is 7.57. The van der Waals surface area contributed by atoms with Gasteiger partial charge in [-0.2, -0.15) is 10.2 Å². The Bertz CT molecular complexity index is 1230. The maximum absolute atomic E-state index is 7.57. The number of aliphatic hydroxyl groups is 1. The molecule has 0 radical (unpaired) electrons. The number of aryl methyl sites for hydroxylation is 2. The van der Waals surface area contributed by atoms with Gasteiger partial charge in [-0.25, -0.2) is 0 Å². The number of nitrogens with one attached hydrogen (secondary N) is 2. The van der Waals surface area contributed by atoms with Gasteiger partial charge >= 0.3 is 0 Å². The molecule has 0 spiro atoms. The highest BCUT2D eigenvalue weighted by Gasteiger charge is 2.16. The molecule has 2 bridgehead atoms.